The Bertz CT molecular complexity index is 1230. The Morgan fingerprint density at radius 2 is 1.10 bits per heavy atom. The molecule has 0 radical (unpaired) electrons. The molecule has 0 fully saturated rings. The first-order valence-electron chi connectivity index (χ1n) is 10.2. The van der Waals surface area contributed by atoms with Gasteiger partial charge in [-0.3, -0.25) is 4.79 Å². The van der Waals surface area contributed by atoms with Crippen LogP contribution in [0.2, 0.25) is 0 Å². The molecular formula is C27H26O3. The summed E-state index contributed by atoms with van der Waals surface area (Å²) in [6, 6.07) is 25.1. The van der Waals surface area contributed by atoms with Crippen molar-refractivity contribution in [1.29, 1.82) is 0 Å². The number of hydrogen-bond acceptors (Lipinski definition) is 3. The van der Waals surface area contributed by atoms with Crippen LogP contribution in [-0.2, 0) is 4.79 Å². The quantitative estimate of drug-likeness (QED) is 0.273. The molecule has 0 spiro atoms. The average molecular weight is 399 g/mol. The van der Waals surface area contributed by atoms with Gasteiger partial charge in [-0.15, -0.1) is 0 Å². The van der Waals surface area contributed by atoms with Gasteiger partial charge in [-0.25, -0.2) is 0 Å². The number of esters is 1. The minimum atomic E-state index is -0.303. The van der Waals surface area contributed by atoms with Crippen LogP contribution in [-0.4, -0.2) is 13.1 Å². The number of carbonyl (C=O) groups excluding carboxylic acids is 1. The second-order valence-corrected chi connectivity index (χ2v) is 7.91. The topological polar surface area (TPSA) is 35.5 Å². The van der Waals surface area contributed by atoms with Crippen LogP contribution in [0.4, 0.5) is 0 Å². The summed E-state index contributed by atoms with van der Waals surface area (Å²) in [5, 5.41) is 4.63. The van der Waals surface area contributed by atoms with Crippen LogP contribution in [0, 0.1) is 0 Å². The maximum absolute atomic E-state index is 11.2. The molecule has 152 valence electrons. The summed E-state index contributed by atoms with van der Waals surface area (Å²) < 4.78 is 10.5. The SMILES string of the molecule is COc1ccc2cc(C(C)C(C)c3ccc4cc(OC(C)=O)ccc4c3)ccc2c1. The molecule has 0 amide bonds. The smallest absolute Gasteiger partial charge is 0.308 e. The first-order valence-corrected chi connectivity index (χ1v) is 10.2. The first-order chi connectivity index (χ1) is 14.4. The van der Waals surface area contributed by atoms with E-state index >= 15 is 0 Å². The molecule has 0 aliphatic carbocycles. The molecule has 0 saturated carbocycles. The highest BCUT2D eigenvalue weighted by molar-refractivity contribution is 5.86. The van der Waals surface area contributed by atoms with Gasteiger partial charge in [-0.05, 0) is 68.8 Å². The second-order valence-electron chi connectivity index (χ2n) is 7.91. The summed E-state index contributed by atoms with van der Waals surface area (Å²) in [6.07, 6.45) is 0. The fourth-order valence-corrected chi connectivity index (χ4v) is 3.98. The monoisotopic (exact) mass is 398 g/mol. The number of hydrogen-bond donors (Lipinski definition) is 0. The summed E-state index contributed by atoms with van der Waals surface area (Å²) in [5.74, 6) is 1.89. The molecule has 3 heteroatoms. The Morgan fingerprint density at radius 3 is 1.60 bits per heavy atom. The van der Waals surface area contributed by atoms with E-state index in [9.17, 15) is 4.79 Å². The highest BCUT2D eigenvalue weighted by Gasteiger charge is 2.17. The molecule has 30 heavy (non-hydrogen) atoms. The van der Waals surface area contributed by atoms with Gasteiger partial charge in [0.05, 0.1) is 7.11 Å². The van der Waals surface area contributed by atoms with E-state index in [1.54, 1.807) is 7.11 Å². The van der Waals surface area contributed by atoms with Crippen molar-refractivity contribution in [3.8, 4) is 11.5 Å². The Labute approximate surface area is 177 Å². The molecule has 4 aromatic carbocycles. The molecule has 2 atom stereocenters. The predicted molar refractivity (Wildman–Crippen MR) is 123 cm³/mol. The van der Waals surface area contributed by atoms with E-state index in [0.29, 0.717) is 17.6 Å². The standard InChI is InChI=1S/C27H26O3/c1-17(20-5-7-24-15-26(29-4)11-9-22(24)13-20)18(2)21-6-8-25-16-27(30-19(3)28)12-10-23(25)14-21/h5-18H,1-4H3. The molecule has 0 heterocycles. The van der Waals surface area contributed by atoms with Crippen LogP contribution in [0.15, 0.2) is 72.8 Å². The van der Waals surface area contributed by atoms with Crippen LogP contribution >= 0.6 is 0 Å². The van der Waals surface area contributed by atoms with Crippen molar-refractivity contribution in [1.82, 2.24) is 0 Å². The van der Waals surface area contributed by atoms with Gasteiger partial charge in [0, 0.05) is 6.92 Å². The third kappa shape index (κ3) is 4.02. The van der Waals surface area contributed by atoms with Gasteiger partial charge >= 0.3 is 5.97 Å². The lowest BCUT2D eigenvalue weighted by Crippen LogP contribution is -2.05. The van der Waals surface area contributed by atoms with Crippen LogP contribution in [0.3, 0.4) is 0 Å². The summed E-state index contributed by atoms with van der Waals surface area (Å²) in [7, 11) is 1.69. The molecule has 0 aliphatic heterocycles. The lowest BCUT2D eigenvalue weighted by Gasteiger charge is -2.22. The number of benzene rings is 4. The van der Waals surface area contributed by atoms with E-state index in [1.807, 2.05) is 24.3 Å². The largest absolute Gasteiger partial charge is 0.497 e. The number of rotatable bonds is 5. The summed E-state index contributed by atoms with van der Waals surface area (Å²) in [6.45, 7) is 5.97. The molecule has 0 N–H and O–H groups in total. The van der Waals surface area contributed by atoms with Gasteiger partial charge in [-0.1, -0.05) is 62.4 Å². The lowest BCUT2D eigenvalue weighted by molar-refractivity contribution is -0.131. The summed E-state index contributed by atoms with van der Waals surface area (Å²) in [5.41, 5.74) is 2.62. The molecule has 0 aromatic heterocycles. The molecule has 0 saturated heterocycles. The normalized spacial score (nSPS) is 13.2. The van der Waals surface area contributed by atoms with E-state index in [2.05, 4.69) is 62.4 Å². The molecular weight excluding hydrogens is 372 g/mol. The maximum atomic E-state index is 11.2. The van der Waals surface area contributed by atoms with Crippen molar-refractivity contribution >= 4 is 27.5 Å². The molecule has 0 aliphatic rings. The lowest BCUT2D eigenvalue weighted by atomic mass is 9.83. The molecule has 4 rings (SSSR count). The van der Waals surface area contributed by atoms with Crippen molar-refractivity contribution in [2.75, 3.05) is 7.11 Å². The van der Waals surface area contributed by atoms with E-state index in [4.69, 9.17) is 9.47 Å². The minimum absolute atomic E-state index is 0.303. The third-order valence-corrected chi connectivity index (χ3v) is 5.97. The van der Waals surface area contributed by atoms with Gasteiger partial charge in [-0.2, -0.15) is 0 Å². The second kappa shape index (κ2) is 8.19. The average Bonchev–Trinajstić information content (AvgIpc) is 2.76. The first kappa shape index (κ1) is 20.0. The number of fused-ring (bicyclic) bond motifs is 2. The van der Waals surface area contributed by atoms with E-state index in [-0.39, 0.29) is 5.97 Å². The molecule has 2 unspecified atom stereocenters. The highest BCUT2D eigenvalue weighted by atomic mass is 16.5. The molecule has 4 aromatic rings. The molecule has 3 nitrogen and oxygen atoms in total. The zero-order chi connectivity index (χ0) is 21.3. The van der Waals surface area contributed by atoms with Crippen molar-refractivity contribution in [2.45, 2.75) is 32.6 Å². The maximum Gasteiger partial charge on any atom is 0.308 e. The van der Waals surface area contributed by atoms with E-state index in [1.165, 1.54) is 28.8 Å². The minimum Gasteiger partial charge on any atom is -0.497 e. The number of methoxy groups -OCH3 is 1. The Hall–Kier alpha value is -3.33. The summed E-state index contributed by atoms with van der Waals surface area (Å²) >= 11 is 0. The van der Waals surface area contributed by atoms with Crippen LogP contribution in [0.5, 0.6) is 11.5 Å². The van der Waals surface area contributed by atoms with Crippen LogP contribution in [0.1, 0.15) is 43.7 Å². The zero-order valence-corrected chi connectivity index (χ0v) is 17.8. The highest BCUT2D eigenvalue weighted by Crippen LogP contribution is 2.35. The van der Waals surface area contributed by atoms with Crippen molar-refractivity contribution in [3.63, 3.8) is 0 Å². The fraction of sp³-hybridized carbons (Fsp3) is 0.222. The Morgan fingerprint density at radius 1 is 0.667 bits per heavy atom. The molecule has 0 bridgehead atoms. The van der Waals surface area contributed by atoms with Gasteiger partial charge in [0.25, 0.3) is 0 Å². The van der Waals surface area contributed by atoms with Gasteiger partial charge in [0.1, 0.15) is 11.5 Å². The Kier molecular flexibility index (Phi) is 5.45. The van der Waals surface area contributed by atoms with Crippen LogP contribution in [0.25, 0.3) is 21.5 Å². The zero-order valence-electron chi connectivity index (χ0n) is 17.8. The number of carbonyl (C=O) groups is 1. The predicted octanol–water partition coefficient (Wildman–Crippen LogP) is 6.83. The van der Waals surface area contributed by atoms with E-state index in [0.717, 1.165) is 16.5 Å². The van der Waals surface area contributed by atoms with Crippen LogP contribution < -0.4 is 9.47 Å². The van der Waals surface area contributed by atoms with Gasteiger partial charge in [0.2, 0.25) is 0 Å². The number of ether oxygens (including phenoxy) is 2. The third-order valence-electron chi connectivity index (χ3n) is 5.97. The van der Waals surface area contributed by atoms with Crippen molar-refractivity contribution in [2.24, 2.45) is 0 Å². The Balaban J connectivity index is 1.61. The van der Waals surface area contributed by atoms with E-state index < -0.39 is 0 Å². The van der Waals surface area contributed by atoms with Crippen molar-refractivity contribution in [3.05, 3.63) is 83.9 Å². The van der Waals surface area contributed by atoms with Gasteiger partial charge < -0.3 is 9.47 Å². The fourth-order valence-electron chi connectivity index (χ4n) is 3.98. The van der Waals surface area contributed by atoms with Crippen molar-refractivity contribution < 1.29 is 14.3 Å². The van der Waals surface area contributed by atoms with Gasteiger partial charge in [0.15, 0.2) is 0 Å². The summed E-state index contributed by atoms with van der Waals surface area (Å²) in [4.78, 5) is 11.2.